The number of anilines is 1. The van der Waals surface area contributed by atoms with Crippen LogP contribution in [-0.2, 0) is 4.74 Å². The van der Waals surface area contributed by atoms with Crippen LogP contribution in [0.15, 0.2) is 18.3 Å². The van der Waals surface area contributed by atoms with Crippen molar-refractivity contribution in [3.05, 3.63) is 18.3 Å². The molecule has 1 saturated heterocycles. The molecule has 1 aromatic rings. The summed E-state index contributed by atoms with van der Waals surface area (Å²) in [5.41, 5.74) is 0. The van der Waals surface area contributed by atoms with Gasteiger partial charge in [0, 0.05) is 39.0 Å². The summed E-state index contributed by atoms with van der Waals surface area (Å²) >= 11 is 0. The number of nitrogens with zero attached hydrogens (tertiary/aromatic N) is 3. The predicted molar refractivity (Wildman–Crippen MR) is 71.8 cm³/mol. The topological polar surface area (TPSA) is 50.3 Å². The van der Waals surface area contributed by atoms with Gasteiger partial charge in [-0.2, -0.15) is 5.10 Å². The van der Waals surface area contributed by atoms with Crippen molar-refractivity contribution in [3.63, 3.8) is 0 Å². The Morgan fingerprint density at radius 3 is 3.22 bits per heavy atom. The van der Waals surface area contributed by atoms with E-state index in [0.29, 0.717) is 6.04 Å². The molecule has 1 unspecified atom stereocenters. The third-order valence-electron chi connectivity index (χ3n) is 3.34. The van der Waals surface area contributed by atoms with Crippen LogP contribution >= 0.6 is 0 Å². The van der Waals surface area contributed by atoms with Crippen molar-refractivity contribution < 1.29 is 4.74 Å². The van der Waals surface area contributed by atoms with Crippen molar-refractivity contribution in [1.82, 2.24) is 15.5 Å². The minimum Gasteiger partial charge on any atom is -0.383 e. The number of hydrogen-bond acceptors (Lipinski definition) is 5. The standard InChI is InChI=1S/C13H22N4O/c1-18-10-8-14-11-12-5-2-3-9-17(12)13-6-4-7-15-16-13/h4,6-7,12,14H,2-3,5,8-11H2,1H3. The molecule has 1 aromatic heterocycles. The molecule has 5 nitrogen and oxygen atoms in total. The molecule has 1 aliphatic heterocycles. The maximum Gasteiger partial charge on any atom is 0.151 e. The molecule has 18 heavy (non-hydrogen) atoms. The van der Waals surface area contributed by atoms with Crippen molar-refractivity contribution in [2.24, 2.45) is 0 Å². The molecule has 2 rings (SSSR count). The summed E-state index contributed by atoms with van der Waals surface area (Å²) in [5, 5.41) is 11.6. The van der Waals surface area contributed by atoms with Gasteiger partial charge in [-0.05, 0) is 31.4 Å². The third kappa shape index (κ3) is 3.65. The molecule has 1 fully saturated rings. The van der Waals surface area contributed by atoms with E-state index in [1.165, 1.54) is 19.3 Å². The Morgan fingerprint density at radius 1 is 1.50 bits per heavy atom. The molecule has 0 spiro atoms. The highest BCUT2D eigenvalue weighted by molar-refractivity contribution is 5.38. The number of rotatable bonds is 6. The Bertz CT molecular complexity index is 333. The van der Waals surface area contributed by atoms with Crippen LogP contribution in [-0.4, -0.2) is 49.6 Å². The zero-order chi connectivity index (χ0) is 12.6. The minimum absolute atomic E-state index is 0.521. The van der Waals surface area contributed by atoms with Crippen LogP contribution in [0.5, 0.6) is 0 Å². The lowest BCUT2D eigenvalue weighted by Gasteiger charge is -2.36. The highest BCUT2D eigenvalue weighted by Crippen LogP contribution is 2.21. The van der Waals surface area contributed by atoms with Crippen LogP contribution < -0.4 is 10.2 Å². The molecule has 5 heteroatoms. The van der Waals surface area contributed by atoms with Crippen LogP contribution in [0, 0.1) is 0 Å². The van der Waals surface area contributed by atoms with Gasteiger partial charge in [-0.15, -0.1) is 5.10 Å². The van der Waals surface area contributed by atoms with Gasteiger partial charge in [0.2, 0.25) is 0 Å². The maximum atomic E-state index is 5.04. The van der Waals surface area contributed by atoms with E-state index in [0.717, 1.165) is 32.1 Å². The molecule has 0 saturated carbocycles. The smallest absolute Gasteiger partial charge is 0.151 e. The lowest BCUT2D eigenvalue weighted by atomic mass is 10.0. The number of methoxy groups -OCH3 is 1. The molecule has 0 radical (unpaired) electrons. The molecular weight excluding hydrogens is 228 g/mol. The van der Waals surface area contributed by atoms with E-state index >= 15 is 0 Å². The van der Waals surface area contributed by atoms with E-state index in [4.69, 9.17) is 4.74 Å². The van der Waals surface area contributed by atoms with E-state index in [2.05, 4.69) is 20.4 Å². The van der Waals surface area contributed by atoms with Crippen LogP contribution in [0.25, 0.3) is 0 Å². The number of aromatic nitrogens is 2. The monoisotopic (exact) mass is 250 g/mol. The zero-order valence-electron chi connectivity index (χ0n) is 11.0. The van der Waals surface area contributed by atoms with Crippen molar-refractivity contribution in [2.45, 2.75) is 25.3 Å². The van der Waals surface area contributed by atoms with Crippen molar-refractivity contribution in [3.8, 4) is 0 Å². The van der Waals surface area contributed by atoms with E-state index in [1.807, 2.05) is 12.1 Å². The Labute approximate surface area is 109 Å². The quantitative estimate of drug-likeness (QED) is 0.765. The molecule has 0 aromatic carbocycles. The van der Waals surface area contributed by atoms with Gasteiger partial charge >= 0.3 is 0 Å². The van der Waals surface area contributed by atoms with Gasteiger partial charge in [0.25, 0.3) is 0 Å². The van der Waals surface area contributed by atoms with Crippen LogP contribution in [0.2, 0.25) is 0 Å². The number of piperidine rings is 1. The second-order valence-corrected chi connectivity index (χ2v) is 4.62. The fraction of sp³-hybridized carbons (Fsp3) is 0.692. The molecule has 0 bridgehead atoms. The van der Waals surface area contributed by atoms with Crippen LogP contribution in [0.4, 0.5) is 5.82 Å². The molecule has 100 valence electrons. The van der Waals surface area contributed by atoms with Gasteiger partial charge in [-0.1, -0.05) is 0 Å². The summed E-state index contributed by atoms with van der Waals surface area (Å²) in [4.78, 5) is 2.37. The average molecular weight is 250 g/mol. The van der Waals surface area contributed by atoms with E-state index in [-0.39, 0.29) is 0 Å². The molecule has 1 atom stereocenters. The van der Waals surface area contributed by atoms with Gasteiger partial charge < -0.3 is 15.0 Å². The average Bonchev–Trinajstić information content (AvgIpc) is 2.45. The predicted octanol–water partition coefficient (Wildman–Crippen LogP) is 1.07. The SMILES string of the molecule is COCCNCC1CCCCN1c1cccnn1. The summed E-state index contributed by atoms with van der Waals surface area (Å²) in [6, 6.07) is 4.51. The van der Waals surface area contributed by atoms with Gasteiger partial charge in [0.15, 0.2) is 5.82 Å². The molecule has 1 N–H and O–H groups in total. The summed E-state index contributed by atoms with van der Waals surface area (Å²) in [7, 11) is 1.73. The van der Waals surface area contributed by atoms with Gasteiger partial charge in [-0.3, -0.25) is 0 Å². The number of hydrogen-bond donors (Lipinski definition) is 1. The normalized spacial score (nSPS) is 20.1. The Morgan fingerprint density at radius 2 is 2.44 bits per heavy atom. The second-order valence-electron chi connectivity index (χ2n) is 4.62. The summed E-state index contributed by atoms with van der Waals surface area (Å²) in [6.45, 7) is 3.73. The Kier molecular flexibility index (Phi) is 5.36. The van der Waals surface area contributed by atoms with Gasteiger partial charge in [0.05, 0.1) is 6.61 Å². The minimum atomic E-state index is 0.521. The molecule has 1 aliphatic rings. The fourth-order valence-electron chi connectivity index (χ4n) is 2.40. The highest BCUT2D eigenvalue weighted by atomic mass is 16.5. The van der Waals surface area contributed by atoms with Crippen molar-refractivity contribution in [1.29, 1.82) is 0 Å². The van der Waals surface area contributed by atoms with Crippen LogP contribution in [0.3, 0.4) is 0 Å². The first-order chi connectivity index (χ1) is 8.92. The zero-order valence-corrected chi connectivity index (χ0v) is 11.0. The van der Waals surface area contributed by atoms with E-state index in [9.17, 15) is 0 Å². The fourth-order valence-corrected chi connectivity index (χ4v) is 2.40. The lowest BCUT2D eigenvalue weighted by Crippen LogP contribution is -2.46. The lowest BCUT2D eigenvalue weighted by molar-refractivity contribution is 0.198. The summed E-state index contributed by atoms with van der Waals surface area (Å²) in [5.74, 6) is 0.996. The Balaban J connectivity index is 1.90. The highest BCUT2D eigenvalue weighted by Gasteiger charge is 2.23. The van der Waals surface area contributed by atoms with Crippen molar-refractivity contribution >= 4 is 5.82 Å². The largest absolute Gasteiger partial charge is 0.383 e. The Hall–Kier alpha value is -1.20. The second kappa shape index (κ2) is 7.28. The molecule has 0 aliphatic carbocycles. The van der Waals surface area contributed by atoms with Gasteiger partial charge in [-0.25, -0.2) is 0 Å². The summed E-state index contributed by atoms with van der Waals surface area (Å²) < 4.78 is 5.04. The van der Waals surface area contributed by atoms with Gasteiger partial charge in [0.1, 0.15) is 0 Å². The maximum absolute atomic E-state index is 5.04. The van der Waals surface area contributed by atoms with E-state index < -0.39 is 0 Å². The summed E-state index contributed by atoms with van der Waals surface area (Å²) in [6.07, 6.45) is 5.48. The first kappa shape index (κ1) is 13.2. The number of ether oxygens (including phenoxy) is 1. The molecule has 2 heterocycles. The van der Waals surface area contributed by atoms with Crippen molar-refractivity contribution in [2.75, 3.05) is 38.3 Å². The van der Waals surface area contributed by atoms with E-state index in [1.54, 1.807) is 13.3 Å². The third-order valence-corrected chi connectivity index (χ3v) is 3.34. The first-order valence-corrected chi connectivity index (χ1v) is 6.66. The number of nitrogens with one attached hydrogen (secondary N) is 1. The first-order valence-electron chi connectivity index (χ1n) is 6.66. The van der Waals surface area contributed by atoms with Crippen LogP contribution in [0.1, 0.15) is 19.3 Å². The molecule has 0 amide bonds. The molecular formula is C13H22N4O.